The molecule has 9 rings (SSSR count). The minimum atomic E-state index is 0.614. The standard InChI is InChI=1S/C46H30N4S2/c1-29-43(33-23-19-31(27-47)20-24-33)46(50-37-13-5-9-17-41(37)52-42-18-10-6-14-38(42)50)44(34-25-21-32(28-48)22-26-34)30(2)45(29)49-35-11-3-7-15-39(35)51-40-16-8-4-12-36(40)49/h3-26H,1-2H3. The second kappa shape index (κ2) is 12.9. The fourth-order valence-electron chi connectivity index (χ4n) is 7.58. The molecule has 0 fully saturated rings. The van der Waals surface area contributed by atoms with Gasteiger partial charge in [-0.05, 0) is 109 Å². The Bertz CT molecular complexity index is 2460. The molecule has 2 heterocycles. The second-order valence-electron chi connectivity index (χ2n) is 12.8. The highest BCUT2D eigenvalue weighted by atomic mass is 32.2. The van der Waals surface area contributed by atoms with E-state index >= 15 is 0 Å². The maximum Gasteiger partial charge on any atom is 0.0991 e. The Morgan fingerprint density at radius 2 is 0.712 bits per heavy atom. The third-order valence-corrected chi connectivity index (χ3v) is 12.1. The van der Waals surface area contributed by atoms with Crippen molar-refractivity contribution in [2.24, 2.45) is 0 Å². The molecule has 0 bridgehead atoms. The molecule has 0 amide bonds. The normalized spacial score (nSPS) is 12.5. The Labute approximate surface area is 312 Å². The summed E-state index contributed by atoms with van der Waals surface area (Å²) in [4.78, 5) is 9.60. The summed E-state index contributed by atoms with van der Waals surface area (Å²) in [6, 6.07) is 55.1. The van der Waals surface area contributed by atoms with Gasteiger partial charge in [0, 0.05) is 30.7 Å². The SMILES string of the molecule is Cc1c(-c2ccc(C#N)cc2)c(N2c3ccccc3Sc3ccccc32)c(-c2ccc(C#N)cc2)c(C)c1N1c2ccccc2Sc2ccccc21. The largest absolute Gasteiger partial charge is 0.308 e. The molecule has 52 heavy (non-hydrogen) atoms. The van der Waals surface area contributed by atoms with Crippen LogP contribution < -0.4 is 9.80 Å². The van der Waals surface area contributed by atoms with Gasteiger partial charge in [0.1, 0.15) is 0 Å². The smallest absolute Gasteiger partial charge is 0.0991 e. The predicted molar refractivity (Wildman–Crippen MR) is 214 cm³/mol. The molecule has 7 aromatic carbocycles. The van der Waals surface area contributed by atoms with Gasteiger partial charge in [0.2, 0.25) is 0 Å². The number of hydrogen-bond donors (Lipinski definition) is 0. The highest BCUT2D eigenvalue weighted by Gasteiger charge is 2.35. The lowest BCUT2D eigenvalue weighted by molar-refractivity contribution is 1.12. The van der Waals surface area contributed by atoms with Crippen LogP contribution in [0.1, 0.15) is 22.3 Å². The van der Waals surface area contributed by atoms with Gasteiger partial charge >= 0.3 is 0 Å². The lowest BCUT2D eigenvalue weighted by atomic mass is 9.85. The van der Waals surface area contributed by atoms with E-state index < -0.39 is 0 Å². The van der Waals surface area contributed by atoms with Crippen LogP contribution in [0, 0.1) is 36.5 Å². The number of fused-ring (bicyclic) bond motifs is 4. The first-order valence-electron chi connectivity index (χ1n) is 17.1. The van der Waals surface area contributed by atoms with Crippen molar-refractivity contribution in [3.63, 3.8) is 0 Å². The molecule has 0 saturated carbocycles. The molecule has 246 valence electrons. The van der Waals surface area contributed by atoms with E-state index in [0.717, 1.165) is 67.5 Å². The average molecular weight is 703 g/mol. The first-order valence-corrected chi connectivity index (χ1v) is 18.7. The lowest BCUT2D eigenvalue weighted by Crippen LogP contribution is -2.21. The number of rotatable bonds is 4. The van der Waals surface area contributed by atoms with Crippen LogP contribution in [0.2, 0.25) is 0 Å². The Morgan fingerprint density at radius 1 is 0.404 bits per heavy atom. The Hall–Kier alpha value is -6.18. The molecule has 0 aromatic heterocycles. The van der Waals surface area contributed by atoms with Crippen LogP contribution in [0.3, 0.4) is 0 Å². The molecule has 7 aromatic rings. The van der Waals surface area contributed by atoms with Gasteiger partial charge in [-0.15, -0.1) is 0 Å². The van der Waals surface area contributed by atoms with E-state index in [4.69, 9.17) is 0 Å². The summed E-state index contributed by atoms with van der Waals surface area (Å²) >= 11 is 3.59. The van der Waals surface area contributed by atoms with Gasteiger partial charge in [-0.2, -0.15) is 10.5 Å². The van der Waals surface area contributed by atoms with Crippen LogP contribution in [0.4, 0.5) is 34.1 Å². The number of para-hydroxylation sites is 4. The molecule has 0 atom stereocenters. The van der Waals surface area contributed by atoms with Crippen molar-refractivity contribution in [1.82, 2.24) is 0 Å². The summed E-state index contributed by atoms with van der Waals surface area (Å²) in [6.07, 6.45) is 0. The van der Waals surface area contributed by atoms with Crippen molar-refractivity contribution in [3.05, 3.63) is 168 Å². The van der Waals surface area contributed by atoms with E-state index in [1.165, 1.54) is 19.6 Å². The van der Waals surface area contributed by atoms with Gasteiger partial charge < -0.3 is 9.80 Å². The van der Waals surface area contributed by atoms with Crippen LogP contribution in [-0.4, -0.2) is 0 Å². The number of benzene rings is 7. The first kappa shape index (κ1) is 31.8. The van der Waals surface area contributed by atoms with Gasteiger partial charge in [-0.3, -0.25) is 0 Å². The number of anilines is 6. The maximum absolute atomic E-state index is 9.81. The summed E-state index contributed by atoms with van der Waals surface area (Å²) in [7, 11) is 0. The molecule has 0 unspecified atom stereocenters. The molecule has 0 saturated heterocycles. The van der Waals surface area contributed by atoms with Crippen molar-refractivity contribution >= 4 is 57.6 Å². The summed E-state index contributed by atoms with van der Waals surface area (Å²) in [5.41, 5.74) is 14.3. The molecule has 0 N–H and O–H groups in total. The quantitative estimate of drug-likeness (QED) is 0.182. The molecule has 2 aliphatic rings. The van der Waals surface area contributed by atoms with Crippen molar-refractivity contribution in [2.45, 2.75) is 33.4 Å². The zero-order valence-electron chi connectivity index (χ0n) is 28.5. The molecular formula is C46H30N4S2. The predicted octanol–water partition coefficient (Wildman–Crippen LogP) is 13.2. The number of nitriles is 2. The molecule has 0 radical (unpaired) electrons. The average Bonchev–Trinajstić information content (AvgIpc) is 3.19. The third-order valence-electron chi connectivity index (χ3n) is 9.85. The molecule has 4 nitrogen and oxygen atoms in total. The van der Waals surface area contributed by atoms with Gasteiger partial charge in [0.05, 0.1) is 57.4 Å². The van der Waals surface area contributed by atoms with Crippen LogP contribution in [-0.2, 0) is 0 Å². The lowest BCUT2D eigenvalue weighted by Gasteiger charge is -2.40. The maximum atomic E-state index is 9.81. The van der Waals surface area contributed by atoms with E-state index in [-0.39, 0.29) is 0 Å². The Balaban J connectivity index is 1.47. The topological polar surface area (TPSA) is 54.1 Å². The van der Waals surface area contributed by atoms with Crippen LogP contribution >= 0.6 is 23.5 Å². The van der Waals surface area contributed by atoms with Crippen molar-refractivity contribution in [1.29, 1.82) is 10.5 Å². The van der Waals surface area contributed by atoms with E-state index in [1.807, 2.05) is 24.3 Å². The number of hydrogen-bond acceptors (Lipinski definition) is 6. The van der Waals surface area contributed by atoms with Gasteiger partial charge in [0.25, 0.3) is 0 Å². The summed E-state index contributed by atoms with van der Waals surface area (Å²) < 4.78 is 0. The first-order chi connectivity index (χ1) is 25.6. The van der Waals surface area contributed by atoms with E-state index in [9.17, 15) is 10.5 Å². The van der Waals surface area contributed by atoms with Gasteiger partial charge in [-0.25, -0.2) is 0 Å². The second-order valence-corrected chi connectivity index (χ2v) is 15.0. The Kier molecular flexibility index (Phi) is 7.86. The van der Waals surface area contributed by atoms with Crippen molar-refractivity contribution < 1.29 is 0 Å². The van der Waals surface area contributed by atoms with Crippen LogP contribution in [0.25, 0.3) is 22.3 Å². The van der Waals surface area contributed by atoms with Crippen LogP contribution in [0.5, 0.6) is 0 Å². The molecule has 6 heteroatoms. The molecular weight excluding hydrogens is 673 g/mol. The van der Waals surface area contributed by atoms with Crippen molar-refractivity contribution in [2.75, 3.05) is 9.80 Å². The van der Waals surface area contributed by atoms with E-state index in [2.05, 4.69) is 157 Å². The highest BCUT2D eigenvalue weighted by molar-refractivity contribution is 8.00. The molecule has 0 aliphatic carbocycles. The summed E-state index contributed by atoms with van der Waals surface area (Å²) in [6.45, 7) is 4.48. The zero-order chi connectivity index (χ0) is 35.3. The van der Waals surface area contributed by atoms with E-state index in [1.54, 1.807) is 23.5 Å². The third kappa shape index (κ3) is 5.08. The van der Waals surface area contributed by atoms with Gasteiger partial charge in [-0.1, -0.05) is 96.3 Å². The molecule has 0 spiro atoms. The van der Waals surface area contributed by atoms with Crippen molar-refractivity contribution in [3.8, 4) is 34.4 Å². The van der Waals surface area contributed by atoms with Crippen LogP contribution in [0.15, 0.2) is 165 Å². The summed E-state index contributed by atoms with van der Waals surface area (Å²) in [5.74, 6) is 0. The highest BCUT2D eigenvalue weighted by Crippen LogP contribution is 2.60. The van der Waals surface area contributed by atoms with Gasteiger partial charge in [0.15, 0.2) is 0 Å². The minimum absolute atomic E-state index is 0.614. The Morgan fingerprint density at radius 3 is 1.04 bits per heavy atom. The zero-order valence-corrected chi connectivity index (χ0v) is 30.1. The van der Waals surface area contributed by atoms with E-state index in [0.29, 0.717) is 11.1 Å². The molecule has 2 aliphatic heterocycles. The number of nitrogens with zero attached hydrogens (tertiary/aromatic N) is 4. The fourth-order valence-corrected chi connectivity index (χ4v) is 9.69. The minimum Gasteiger partial charge on any atom is -0.308 e. The summed E-state index contributed by atoms with van der Waals surface area (Å²) in [5, 5.41) is 19.6. The monoisotopic (exact) mass is 702 g/mol. The fraction of sp³-hybridized carbons (Fsp3) is 0.0435.